The van der Waals surface area contributed by atoms with E-state index in [1.807, 2.05) is 0 Å². The van der Waals surface area contributed by atoms with E-state index in [9.17, 15) is 13.6 Å². The van der Waals surface area contributed by atoms with Gasteiger partial charge in [0.25, 0.3) is 6.43 Å². The smallest absolute Gasteiger partial charge is 0.260 e. The Bertz CT molecular complexity index is 536. The molecule has 1 heterocycles. The molecule has 1 saturated heterocycles. The quantitative estimate of drug-likeness (QED) is 0.746. The number of morpholine rings is 1. The van der Waals surface area contributed by atoms with Crippen molar-refractivity contribution in [1.82, 2.24) is 4.90 Å². The van der Waals surface area contributed by atoms with Gasteiger partial charge in [0.15, 0.2) is 0 Å². The number of benzene rings is 1. The van der Waals surface area contributed by atoms with E-state index in [2.05, 4.69) is 22.5 Å². The zero-order valence-electron chi connectivity index (χ0n) is 10.9. The van der Waals surface area contributed by atoms with E-state index < -0.39 is 24.4 Å². The number of ether oxygens (including phenoxy) is 1. The van der Waals surface area contributed by atoms with Gasteiger partial charge in [-0.3, -0.25) is 4.79 Å². The Balaban J connectivity index is 2.42. The van der Waals surface area contributed by atoms with Gasteiger partial charge in [-0.25, -0.2) is 8.78 Å². The van der Waals surface area contributed by atoms with E-state index in [4.69, 9.17) is 16.3 Å². The first-order chi connectivity index (χ1) is 9.93. The Kier molecular flexibility index (Phi) is 5.35. The summed E-state index contributed by atoms with van der Waals surface area (Å²) < 4.78 is 32.3. The predicted molar refractivity (Wildman–Crippen MR) is 79.5 cm³/mol. The number of rotatable bonds is 3. The molecule has 0 saturated carbocycles. The van der Waals surface area contributed by atoms with Gasteiger partial charge in [-0.1, -0.05) is 34.1 Å². The third kappa shape index (κ3) is 3.62. The molecule has 1 aliphatic rings. The molecule has 1 aliphatic heterocycles. The second-order valence-electron chi connectivity index (χ2n) is 4.61. The number of alkyl halides is 2. The monoisotopic (exact) mass is 379 g/mol. The Labute approximate surface area is 134 Å². The Hall–Kier alpha value is -0.980. The summed E-state index contributed by atoms with van der Waals surface area (Å²) in [7, 11) is 0. The molecule has 1 fully saturated rings. The number of hydrogen-bond acceptors (Lipinski definition) is 2. The number of amides is 1. The molecular formula is C14H13BrClF2NO2. The van der Waals surface area contributed by atoms with Crippen molar-refractivity contribution in [2.75, 3.05) is 13.2 Å². The summed E-state index contributed by atoms with van der Waals surface area (Å²) in [6.07, 6.45) is -1.66. The summed E-state index contributed by atoms with van der Waals surface area (Å²) in [6.45, 7) is 3.32. The van der Waals surface area contributed by atoms with Crippen molar-refractivity contribution in [3.63, 3.8) is 0 Å². The molecule has 0 spiro atoms. The molecule has 114 valence electrons. The van der Waals surface area contributed by atoms with Gasteiger partial charge in [0.05, 0.1) is 19.3 Å². The van der Waals surface area contributed by atoms with E-state index in [-0.39, 0.29) is 13.2 Å². The highest BCUT2D eigenvalue weighted by atomic mass is 79.9. The number of carbonyl (C=O) groups is 1. The minimum Gasteiger partial charge on any atom is -0.377 e. The van der Waals surface area contributed by atoms with Crippen molar-refractivity contribution < 1.29 is 18.3 Å². The van der Waals surface area contributed by atoms with Gasteiger partial charge in [-0.05, 0) is 29.8 Å². The largest absolute Gasteiger partial charge is 0.377 e. The van der Waals surface area contributed by atoms with Crippen LogP contribution in [0.1, 0.15) is 11.6 Å². The summed E-state index contributed by atoms with van der Waals surface area (Å²) in [5.74, 6) is -0.551. The Morgan fingerprint density at radius 3 is 2.76 bits per heavy atom. The first-order valence-electron chi connectivity index (χ1n) is 6.20. The summed E-state index contributed by atoms with van der Waals surface area (Å²) in [4.78, 5) is 13.1. The molecule has 0 aliphatic carbocycles. The molecule has 7 heteroatoms. The summed E-state index contributed by atoms with van der Waals surface area (Å²) in [5.41, 5.74) is 0.634. The molecule has 2 rings (SSSR count). The van der Waals surface area contributed by atoms with Gasteiger partial charge in [-0.2, -0.15) is 0 Å². The van der Waals surface area contributed by atoms with Gasteiger partial charge in [0, 0.05) is 9.50 Å². The van der Waals surface area contributed by atoms with Crippen LogP contribution >= 0.6 is 27.5 Å². The maximum atomic E-state index is 13.2. The molecule has 0 aromatic heterocycles. The third-order valence-corrected chi connectivity index (χ3v) is 3.92. The van der Waals surface area contributed by atoms with Gasteiger partial charge >= 0.3 is 0 Å². The summed E-state index contributed by atoms with van der Waals surface area (Å²) >= 11 is 9.29. The van der Waals surface area contributed by atoms with Gasteiger partial charge < -0.3 is 9.64 Å². The molecule has 1 aromatic rings. The molecule has 0 N–H and O–H groups in total. The lowest BCUT2D eigenvalue weighted by Gasteiger charge is -2.41. The minimum absolute atomic E-state index is 0.135. The van der Waals surface area contributed by atoms with Gasteiger partial charge in [0.1, 0.15) is 6.04 Å². The summed E-state index contributed by atoms with van der Waals surface area (Å²) in [6, 6.07) is 3.12. The number of nitrogens with zero attached hydrogens (tertiary/aromatic N) is 1. The minimum atomic E-state index is -2.70. The zero-order chi connectivity index (χ0) is 15.6. The van der Waals surface area contributed by atoms with Crippen molar-refractivity contribution in [2.45, 2.75) is 18.5 Å². The molecule has 2 atom stereocenters. The Morgan fingerprint density at radius 2 is 2.19 bits per heavy atom. The molecule has 21 heavy (non-hydrogen) atoms. The SMILES string of the molecule is C=CC(=O)N1[C@H](c2cc(Cl)cc(Br)c2)COC[C@H]1C(F)F. The number of hydrogen-bond donors (Lipinski definition) is 0. The van der Waals surface area contributed by atoms with Gasteiger partial charge in [0.2, 0.25) is 5.91 Å². The second kappa shape index (κ2) is 6.85. The standard InChI is InChI=1S/C14H13BrClF2NO2/c1-2-13(20)19-11(6-21-7-12(19)14(17)18)8-3-9(15)5-10(16)4-8/h2-5,11-12,14H,1,6-7H2/t11-,12-/m0/s1. The van der Waals surface area contributed by atoms with Crippen LogP contribution in [0.2, 0.25) is 5.02 Å². The topological polar surface area (TPSA) is 29.5 Å². The van der Waals surface area contributed by atoms with Crippen LogP contribution in [0.5, 0.6) is 0 Å². The van der Waals surface area contributed by atoms with Crippen LogP contribution in [0.3, 0.4) is 0 Å². The highest BCUT2D eigenvalue weighted by Crippen LogP contribution is 2.33. The number of halogens is 4. The number of carbonyl (C=O) groups excluding carboxylic acids is 1. The first-order valence-corrected chi connectivity index (χ1v) is 7.37. The molecule has 3 nitrogen and oxygen atoms in total. The van der Waals surface area contributed by atoms with Crippen molar-refractivity contribution in [3.8, 4) is 0 Å². The van der Waals surface area contributed by atoms with Crippen LogP contribution in [0.15, 0.2) is 35.3 Å². The summed E-state index contributed by atoms with van der Waals surface area (Å²) in [5, 5.41) is 0.449. The lowest BCUT2D eigenvalue weighted by atomic mass is 10.0. The van der Waals surface area contributed by atoms with Crippen LogP contribution < -0.4 is 0 Å². The lowest BCUT2D eigenvalue weighted by Crippen LogP contribution is -2.53. The lowest BCUT2D eigenvalue weighted by molar-refractivity contribution is -0.151. The zero-order valence-corrected chi connectivity index (χ0v) is 13.3. The van der Waals surface area contributed by atoms with Crippen molar-refractivity contribution >= 4 is 33.4 Å². The maximum Gasteiger partial charge on any atom is 0.260 e. The highest BCUT2D eigenvalue weighted by molar-refractivity contribution is 9.10. The molecule has 0 unspecified atom stereocenters. The van der Waals surface area contributed by atoms with E-state index >= 15 is 0 Å². The fraction of sp³-hybridized carbons (Fsp3) is 0.357. The molecule has 1 aromatic carbocycles. The van der Waals surface area contributed by atoms with E-state index in [0.29, 0.717) is 15.1 Å². The van der Waals surface area contributed by atoms with E-state index in [1.54, 1.807) is 18.2 Å². The van der Waals surface area contributed by atoms with Crippen LogP contribution in [0.4, 0.5) is 8.78 Å². The van der Waals surface area contributed by atoms with E-state index in [1.165, 1.54) is 0 Å². The first kappa shape index (κ1) is 16.4. The van der Waals surface area contributed by atoms with Crippen molar-refractivity contribution in [1.29, 1.82) is 0 Å². The highest BCUT2D eigenvalue weighted by Gasteiger charge is 2.39. The van der Waals surface area contributed by atoms with Crippen LogP contribution in [0, 0.1) is 0 Å². The fourth-order valence-electron chi connectivity index (χ4n) is 2.33. The molecule has 0 bridgehead atoms. The molecule has 0 radical (unpaired) electrons. The van der Waals surface area contributed by atoms with Gasteiger partial charge in [-0.15, -0.1) is 0 Å². The second-order valence-corrected chi connectivity index (χ2v) is 5.96. The average molecular weight is 381 g/mol. The molecule has 1 amide bonds. The van der Waals surface area contributed by atoms with Crippen LogP contribution in [-0.4, -0.2) is 36.5 Å². The molecular weight excluding hydrogens is 368 g/mol. The van der Waals surface area contributed by atoms with Crippen LogP contribution in [-0.2, 0) is 9.53 Å². The normalized spacial score (nSPS) is 22.4. The predicted octanol–water partition coefficient (Wildman–Crippen LogP) is 3.82. The van der Waals surface area contributed by atoms with E-state index in [0.717, 1.165) is 11.0 Å². The van der Waals surface area contributed by atoms with Crippen molar-refractivity contribution in [2.24, 2.45) is 0 Å². The third-order valence-electron chi connectivity index (χ3n) is 3.25. The average Bonchev–Trinajstić information content (AvgIpc) is 2.44. The Morgan fingerprint density at radius 1 is 1.48 bits per heavy atom. The van der Waals surface area contributed by atoms with Crippen molar-refractivity contribution in [3.05, 3.63) is 45.9 Å². The fourth-order valence-corrected chi connectivity index (χ4v) is 3.22. The van der Waals surface area contributed by atoms with Crippen LogP contribution in [0.25, 0.3) is 0 Å². The maximum absolute atomic E-state index is 13.2.